The number of hydrogen-bond donors (Lipinski definition) is 0. The van der Waals surface area contributed by atoms with Crippen LogP contribution in [0.25, 0.3) is 22.6 Å². The second-order valence-corrected chi connectivity index (χ2v) is 8.47. The molecule has 1 atom stereocenters. The van der Waals surface area contributed by atoms with E-state index in [0.29, 0.717) is 42.5 Å². The van der Waals surface area contributed by atoms with Gasteiger partial charge in [-0.15, -0.1) is 10.2 Å². The molecule has 0 radical (unpaired) electrons. The Balaban J connectivity index is 1.40. The third-order valence-electron chi connectivity index (χ3n) is 6.23. The average Bonchev–Trinajstić information content (AvgIpc) is 3.52. The molecule has 0 aliphatic carbocycles. The van der Waals surface area contributed by atoms with Gasteiger partial charge in [-0.05, 0) is 56.0 Å². The summed E-state index contributed by atoms with van der Waals surface area (Å²) in [4.78, 5) is 15.6. The minimum atomic E-state index is -0.315. The van der Waals surface area contributed by atoms with Crippen molar-refractivity contribution in [2.24, 2.45) is 0 Å². The van der Waals surface area contributed by atoms with Gasteiger partial charge in [0.15, 0.2) is 5.69 Å². The zero-order chi connectivity index (χ0) is 23.5. The summed E-state index contributed by atoms with van der Waals surface area (Å²) in [5, 5.41) is 13.0. The summed E-state index contributed by atoms with van der Waals surface area (Å²) in [5.41, 5.74) is 2.73. The summed E-state index contributed by atoms with van der Waals surface area (Å²) in [6.07, 6.45) is 5.16. The normalized spacial score (nSPS) is 16.1. The molecule has 8 heteroatoms. The highest BCUT2D eigenvalue weighted by Gasteiger charge is 2.32. The average molecular weight is 460 g/mol. The van der Waals surface area contributed by atoms with Crippen molar-refractivity contribution in [1.29, 1.82) is 0 Å². The van der Waals surface area contributed by atoms with Gasteiger partial charge in [-0.1, -0.05) is 30.3 Å². The highest BCUT2D eigenvalue weighted by molar-refractivity contribution is 5.99. The smallest absolute Gasteiger partial charge is 0.275 e. The van der Waals surface area contributed by atoms with Crippen molar-refractivity contribution in [3.8, 4) is 22.6 Å². The van der Waals surface area contributed by atoms with Crippen LogP contribution in [0.3, 0.4) is 0 Å². The maximum atomic E-state index is 13.7. The van der Waals surface area contributed by atoms with Crippen molar-refractivity contribution < 1.29 is 13.6 Å². The van der Waals surface area contributed by atoms with Gasteiger partial charge in [0.25, 0.3) is 5.91 Å². The lowest BCUT2D eigenvalue weighted by Gasteiger charge is -2.34. The largest absolute Gasteiger partial charge is 0.421 e. The SMILES string of the molecule is CCn1cc(-c2ccc(F)cc2)c(C(=O)N2CCCCC2Cc2nnc(-c3ccccc3)o2)n1. The number of aryl methyl sites for hydroxylation is 1. The highest BCUT2D eigenvalue weighted by Crippen LogP contribution is 2.28. The van der Waals surface area contributed by atoms with Gasteiger partial charge in [0, 0.05) is 42.9 Å². The van der Waals surface area contributed by atoms with Gasteiger partial charge in [-0.3, -0.25) is 9.48 Å². The number of amides is 1. The zero-order valence-electron chi connectivity index (χ0n) is 19.0. The molecule has 1 amide bonds. The molecule has 1 aliphatic rings. The molecule has 1 unspecified atom stereocenters. The molecule has 0 N–H and O–H groups in total. The van der Waals surface area contributed by atoms with Gasteiger partial charge in [0.05, 0.1) is 0 Å². The van der Waals surface area contributed by atoms with E-state index >= 15 is 0 Å². The number of hydrogen-bond acceptors (Lipinski definition) is 5. The van der Waals surface area contributed by atoms with E-state index in [0.717, 1.165) is 30.4 Å². The van der Waals surface area contributed by atoms with Crippen LogP contribution in [0.5, 0.6) is 0 Å². The highest BCUT2D eigenvalue weighted by atomic mass is 19.1. The van der Waals surface area contributed by atoms with E-state index in [1.54, 1.807) is 16.8 Å². The van der Waals surface area contributed by atoms with Gasteiger partial charge in [-0.25, -0.2) is 4.39 Å². The fraction of sp³-hybridized carbons (Fsp3) is 0.308. The summed E-state index contributed by atoms with van der Waals surface area (Å²) in [7, 11) is 0. The minimum absolute atomic E-state index is 0.0573. The van der Waals surface area contributed by atoms with Crippen LogP contribution in [0.2, 0.25) is 0 Å². The number of benzene rings is 2. The molecule has 0 saturated carbocycles. The summed E-state index contributed by atoms with van der Waals surface area (Å²) in [5.74, 6) is 0.551. The lowest BCUT2D eigenvalue weighted by atomic mass is 9.97. The van der Waals surface area contributed by atoms with E-state index in [2.05, 4.69) is 15.3 Å². The monoisotopic (exact) mass is 459 g/mol. The summed E-state index contributed by atoms with van der Waals surface area (Å²) < 4.78 is 21.1. The Labute approximate surface area is 197 Å². The fourth-order valence-electron chi connectivity index (χ4n) is 4.43. The van der Waals surface area contributed by atoms with E-state index in [-0.39, 0.29) is 17.8 Å². The summed E-state index contributed by atoms with van der Waals surface area (Å²) in [6, 6.07) is 15.7. The molecule has 174 valence electrons. The Hall–Kier alpha value is -3.81. The molecule has 5 rings (SSSR count). The standard InChI is InChI=1S/C26H26FN5O2/c1-2-31-17-22(18-11-13-20(27)14-12-18)24(30-31)26(33)32-15-7-6-10-21(32)16-23-28-29-25(34-23)19-8-4-3-5-9-19/h3-5,8-9,11-14,17,21H,2,6-7,10,15-16H2,1H3. The third-order valence-corrected chi connectivity index (χ3v) is 6.23. The Bertz CT molecular complexity index is 1270. The third kappa shape index (κ3) is 4.48. The number of carbonyl (C=O) groups is 1. The van der Waals surface area contributed by atoms with Crippen LogP contribution in [0.1, 0.15) is 42.6 Å². The van der Waals surface area contributed by atoms with Crippen molar-refractivity contribution >= 4 is 5.91 Å². The van der Waals surface area contributed by atoms with Crippen molar-refractivity contribution in [1.82, 2.24) is 24.9 Å². The number of rotatable bonds is 6. The lowest BCUT2D eigenvalue weighted by molar-refractivity contribution is 0.0599. The molecule has 2 aromatic carbocycles. The van der Waals surface area contributed by atoms with Crippen LogP contribution in [0.4, 0.5) is 4.39 Å². The van der Waals surface area contributed by atoms with E-state index < -0.39 is 0 Å². The van der Waals surface area contributed by atoms with Crippen LogP contribution >= 0.6 is 0 Å². The number of aromatic nitrogens is 4. The summed E-state index contributed by atoms with van der Waals surface area (Å²) in [6.45, 7) is 3.25. The number of carbonyl (C=O) groups excluding carboxylic acids is 1. The Morgan fingerprint density at radius 3 is 2.62 bits per heavy atom. The predicted octanol–water partition coefficient (Wildman–Crippen LogP) is 5.00. The first-order chi connectivity index (χ1) is 16.6. The number of likely N-dealkylation sites (tertiary alicyclic amines) is 1. The predicted molar refractivity (Wildman–Crippen MR) is 125 cm³/mol. The zero-order valence-corrected chi connectivity index (χ0v) is 19.0. The fourth-order valence-corrected chi connectivity index (χ4v) is 4.43. The molecule has 34 heavy (non-hydrogen) atoms. The van der Waals surface area contributed by atoms with Crippen LogP contribution in [0, 0.1) is 5.82 Å². The van der Waals surface area contributed by atoms with Crippen LogP contribution in [0.15, 0.2) is 65.2 Å². The van der Waals surface area contributed by atoms with Gasteiger partial charge < -0.3 is 9.32 Å². The van der Waals surface area contributed by atoms with Crippen molar-refractivity contribution in [2.75, 3.05) is 6.54 Å². The van der Waals surface area contributed by atoms with E-state index in [1.807, 2.05) is 48.4 Å². The molecule has 3 heterocycles. The van der Waals surface area contributed by atoms with Gasteiger partial charge in [0.2, 0.25) is 11.8 Å². The van der Waals surface area contributed by atoms with E-state index in [1.165, 1.54) is 12.1 Å². The number of nitrogens with zero attached hydrogens (tertiary/aromatic N) is 5. The van der Waals surface area contributed by atoms with Crippen LogP contribution in [-0.2, 0) is 13.0 Å². The maximum absolute atomic E-state index is 13.7. The van der Waals surface area contributed by atoms with Crippen molar-refractivity contribution in [3.63, 3.8) is 0 Å². The number of piperidine rings is 1. The quantitative estimate of drug-likeness (QED) is 0.406. The Morgan fingerprint density at radius 2 is 1.85 bits per heavy atom. The van der Waals surface area contributed by atoms with Gasteiger partial charge in [0.1, 0.15) is 5.82 Å². The Kier molecular flexibility index (Phi) is 6.20. The van der Waals surface area contributed by atoms with Crippen molar-refractivity contribution in [2.45, 2.75) is 45.2 Å². The molecule has 2 aromatic heterocycles. The topological polar surface area (TPSA) is 77.0 Å². The molecule has 0 bridgehead atoms. The molecule has 0 spiro atoms. The molecule has 4 aromatic rings. The van der Waals surface area contributed by atoms with E-state index in [9.17, 15) is 9.18 Å². The second kappa shape index (κ2) is 9.59. The molecule has 1 aliphatic heterocycles. The Morgan fingerprint density at radius 1 is 1.06 bits per heavy atom. The van der Waals surface area contributed by atoms with Crippen LogP contribution in [-0.4, -0.2) is 43.4 Å². The maximum Gasteiger partial charge on any atom is 0.275 e. The first kappa shape index (κ1) is 22.0. The van der Waals surface area contributed by atoms with Crippen LogP contribution < -0.4 is 0 Å². The molecule has 1 fully saturated rings. The van der Waals surface area contributed by atoms with Crippen molar-refractivity contribution in [3.05, 3.63) is 78.2 Å². The van der Waals surface area contributed by atoms with Gasteiger partial charge in [-0.2, -0.15) is 5.10 Å². The van der Waals surface area contributed by atoms with Gasteiger partial charge >= 0.3 is 0 Å². The first-order valence-corrected chi connectivity index (χ1v) is 11.6. The molecule has 7 nitrogen and oxygen atoms in total. The first-order valence-electron chi connectivity index (χ1n) is 11.6. The summed E-state index contributed by atoms with van der Waals surface area (Å²) >= 11 is 0. The van der Waals surface area contributed by atoms with E-state index in [4.69, 9.17) is 4.42 Å². The molecular weight excluding hydrogens is 433 g/mol. The lowest BCUT2D eigenvalue weighted by Crippen LogP contribution is -2.45. The second-order valence-electron chi connectivity index (χ2n) is 8.47. The molecular formula is C26H26FN5O2. The number of halogens is 1. The minimum Gasteiger partial charge on any atom is -0.421 e. The molecule has 1 saturated heterocycles.